The van der Waals surface area contributed by atoms with Gasteiger partial charge >= 0.3 is 0 Å². The molecule has 84 valence electrons. The molecule has 1 aliphatic carbocycles. The molecule has 0 aromatic carbocycles. The van der Waals surface area contributed by atoms with E-state index in [1.54, 1.807) is 6.66 Å². The van der Waals surface area contributed by atoms with Crippen LogP contribution in [0.3, 0.4) is 0 Å². The topological polar surface area (TPSA) is 26.3 Å². The number of hydrogen-bond donors (Lipinski definition) is 0. The lowest BCUT2D eigenvalue weighted by atomic mass is 9.75. The summed E-state index contributed by atoms with van der Waals surface area (Å²) in [5.41, 5.74) is 0. The maximum absolute atomic E-state index is 11.1. The second kappa shape index (κ2) is 5.32. The molecule has 0 aliphatic heterocycles. The van der Waals surface area contributed by atoms with Crippen molar-refractivity contribution in [3.63, 3.8) is 0 Å². The van der Waals surface area contributed by atoms with Crippen LogP contribution in [-0.4, -0.2) is 12.8 Å². The highest BCUT2D eigenvalue weighted by molar-refractivity contribution is 7.38. The lowest BCUT2D eigenvalue weighted by Crippen LogP contribution is -2.32. The number of rotatable bonds is 3. The van der Waals surface area contributed by atoms with E-state index in [4.69, 9.17) is 4.52 Å². The minimum atomic E-state index is -1.77. The summed E-state index contributed by atoms with van der Waals surface area (Å²) < 4.78 is 16.7. The van der Waals surface area contributed by atoms with Crippen LogP contribution in [0.4, 0.5) is 0 Å². The zero-order chi connectivity index (χ0) is 10.7. The van der Waals surface area contributed by atoms with E-state index in [1.165, 1.54) is 12.8 Å². The monoisotopic (exact) mass is 218 g/mol. The second-order valence-electron chi connectivity index (χ2n) is 4.97. The molecule has 0 aromatic heterocycles. The van der Waals surface area contributed by atoms with Gasteiger partial charge in [0.25, 0.3) is 0 Å². The standard InChI is InChI=1S/C11H23O2P/c1-8(2)10-6-5-9(3)7-11(10)13-14(4)12/h8-11,14H,5-7H2,1-4H3/t9-,10+,11-/m1/s1. The highest BCUT2D eigenvalue weighted by Gasteiger charge is 2.31. The van der Waals surface area contributed by atoms with Crippen LogP contribution >= 0.6 is 8.03 Å². The summed E-state index contributed by atoms with van der Waals surface area (Å²) in [6.07, 6.45) is 3.87. The molecule has 0 N–H and O–H groups in total. The van der Waals surface area contributed by atoms with Gasteiger partial charge in [0.15, 0.2) is 8.03 Å². The van der Waals surface area contributed by atoms with Gasteiger partial charge in [-0.25, -0.2) is 0 Å². The van der Waals surface area contributed by atoms with Crippen molar-refractivity contribution in [3.05, 3.63) is 0 Å². The van der Waals surface area contributed by atoms with E-state index in [0.717, 1.165) is 12.3 Å². The fourth-order valence-electron chi connectivity index (χ4n) is 2.46. The fraction of sp³-hybridized carbons (Fsp3) is 1.00. The van der Waals surface area contributed by atoms with Crippen molar-refractivity contribution in [1.82, 2.24) is 0 Å². The van der Waals surface area contributed by atoms with Crippen LogP contribution in [-0.2, 0) is 9.09 Å². The van der Waals surface area contributed by atoms with Crippen LogP contribution in [0.25, 0.3) is 0 Å². The molecule has 0 heterocycles. The largest absolute Gasteiger partial charge is 0.327 e. The van der Waals surface area contributed by atoms with Gasteiger partial charge in [-0.2, -0.15) is 0 Å². The van der Waals surface area contributed by atoms with Crippen molar-refractivity contribution >= 4 is 8.03 Å². The minimum Gasteiger partial charge on any atom is -0.327 e. The van der Waals surface area contributed by atoms with Gasteiger partial charge in [0.1, 0.15) is 0 Å². The average Bonchev–Trinajstić information content (AvgIpc) is 2.01. The summed E-state index contributed by atoms with van der Waals surface area (Å²) >= 11 is 0. The molecular formula is C11H23O2P. The van der Waals surface area contributed by atoms with Gasteiger partial charge in [-0.1, -0.05) is 27.2 Å². The van der Waals surface area contributed by atoms with Gasteiger partial charge in [-0.15, -0.1) is 0 Å². The van der Waals surface area contributed by atoms with Crippen molar-refractivity contribution in [2.75, 3.05) is 6.66 Å². The Morgan fingerprint density at radius 1 is 1.36 bits per heavy atom. The van der Waals surface area contributed by atoms with Gasteiger partial charge < -0.3 is 4.52 Å². The number of hydrogen-bond acceptors (Lipinski definition) is 2. The molecular weight excluding hydrogens is 195 g/mol. The maximum Gasteiger partial charge on any atom is 0.188 e. The summed E-state index contributed by atoms with van der Waals surface area (Å²) in [4.78, 5) is 0. The molecule has 1 saturated carbocycles. The summed E-state index contributed by atoms with van der Waals surface area (Å²) in [6, 6.07) is 0. The molecule has 0 amide bonds. The molecule has 4 atom stereocenters. The Hall–Kier alpha value is 0.190. The van der Waals surface area contributed by atoms with Crippen molar-refractivity contribution < 1.29 is 9.09 Å². The van der Waals surface area contributed by atoms with E-state index < -0.39 is 8.03 Å². The molecule has 1 fully saturated rings. The highest BCUT2D eigenvalue weighted by Crippen LogP contribution is 2.38. The predicted octanol–water partition coefficient (Wildman–Crippen LogP) is 3.57. The summed E-state index contributed by atoms with van der Waals surface area (Å²) in [5, 5.41) is 0. The first-order chi connectivity index (χ1) is 6.50. The Morgan fingerprint density at radius 2 is 2.00 bits per heavy atom. The van der Waals surface area contributed by atoms with E-state index in [9.17, 15) is 4.57 Å². The van der Waals surface area contributed by atoms with Crippen molar-refractivity contribution in [3.8, 4) is 0 Å². The van der Waals surface area contributed by atoms with E-state index >= 15 is 0 Å². The van der Waals surface area contributed by atoms with Crippen LogP contribution < -0.4 is 0 Å². The van der Waals surface area contributed by atoms with Gasteiger partial charge in [0.05, 0.1) is 6.10 Å². The van der Waals surface area contributed by atoms with E-state index in [1.807, 2.05) is 0 Å². The van der Waals surface area contributed by atoms with Gasteiger partial charge in [0, 0.05) is 6.66 Å². The third-order valence-electron chi connectivity index (χ3n) is 3.28. The Kier molecular flexibility index (Phi) is 4.66. The van der Waals surface area contributed by atoms with Gasteiger partial charge in [-0.05, 0) is 30.6 Å². The summed E-state index contributed by atoms with van der Waals surface area (Å²) in [5.74, 6) is 1.99. The van der Waals surface area contributed by atoms with Crippen LogP contribution in [0.5, 0.6) is 0 Å². The SMILES string of the molecule is CC(C)[C@@H]1CC[C@@H](C)C[C@H]1O[PH](C)=O. The Balaban J connectivity index is 2.58. The third-order valence-corrected chi connectivity index (χ3v) is 3.91. The molecule has 1 rings (SSSR count). The van der Waals surface area contributed by atoms with Gasteiger partial charge in [-0.3, -0.25) is 4.57 Å². The summed E-state index contributed by atoms with van der Waals surface area (Å²) in [6.45, 7) is 8.44. The normalized spacial score (nSPS) is 35.9. The molecule has 1 aliphatic rings. The molecule has 14 heavy (non-hydrogen) atoms. The molecule has 2 nitrogen and oxygen atoms in total. The molecule has 0 spiro atoms. The van der Waals surface area contributed by atoms with Crippen LogP contribution in [0.1, 0.15) is 40.0 Å². The van der Waals surface area contributed by atoms with Crippen molar-refractivity contribution in [2.45, 2.75) is 46.1 Å². The third kappa shape index (κ3) is 3.40. The Labute approximate surface area is 88.3 Å². The van der Waals surface area contributed by atoms with Crippen LogP contribution in [0, 0.1) is 17.8 Å². The Bertz CT molecular complexity index is 203. The second-order valence-corrected chi connectivity index (χ2v) is 6.19. The zero-order valence-electron chi connectivity index (χ0n) is 9.75. The van der Waals surface area contributed by atoms with Crippen molar-refractivity contribution in [2.24, 2.45) is 17.8 Å². The zero-order valence-corrected chi connectivity index (χ0v) is 10.7. The van der Waals surface area contributed by atoms with E-state index in [2.05, 4.69) is 20.8 Å². The maximum atomic E-state index is 11.1. The lowest BCUT2D eigenvalue weighted by molar-refractivity contribution is 0.0531. The molecule has 3 heteroatoms. The van der Waals surface area contributed by atoms with E-state index in [-0.39, 0.29) is 6.10 Å². The van der Waals surface area contributed by atoms with Crippen LogP contribution in [0.2, 0.25) is 0 Å². The van der Waals surface area contributed by atoms with Gasteiger partial charge in [0.2, 0.25) is 0 Å². The predicted molar refractivity (Wildman–Crippen MR) is 61.1 cm³/mol. The molecule has 1 unspecified atom stereocenters. The first-order valence-corrected chi connectivity index (χ1v) is 7.49. The smallest absolute Gasteiger partial charge is 0.188 e. The molecule has 0 radical (unpaired) electrons. The first kappa shape index (κ1) is 12.3. The fourth-order valence-corrected chi connectivity index (χ4v) is 3.16. The first-order valence-electron chi connectivity index (χ1n) is 5.68. The average molecular weight is 218 g/mol. The molecule has 0 bridgehead atoms. The lowest BCUT2D eigenvalue weighted by Gasteiger charge is -2.36. The molecule has 0 aromatic rings. The quantitative estimate of drug-likeness (QED) is 0.677. The van der Waals surface area contributed by atoms with E-state index in [0.29, 0.717) is 11.8 Å². The summed E-state index contributed by atoms with van der Waals surface area (Å²) in [7, 11) is -1.77. The van der Waals surface area contributed by atoms with Crippen LogP contribution in [0.15, 0.2) is 0 Å². The molecule has 0 saturated heterocycles. The minimum absolute atomic E-state index is 0.245. The Morgan fingerprint density at radius 3 is 2.50 bits per heavy atom. The van der Waals surface area contributed by atoms with Crippen molar-refractivity contribution in [1.29, 1.82) is 0 Å². The highest BCUT2D eigenvalue weighted by atomic mass is 31.1.